The zero-order valence-electron chi connectivity index (χ0n) is 13.9. The maximum atomic E-state index is 5.63. The van der Waals surface area contributed by atoms with Crippen molar-refractivity contribution >= 4 is 17.5 Å². The molecule has 1 heterocycles. The van der Waals surface area contributed by atoms with Crippen molar-refractivity contribution < 1.29 is 9.47 Å². The Morgan fingerprint density at radius 3 is 2.78 bits per heavy atom. The molecule has 0 spiro atoms. The first-order valence-corrected chi connectivity index (χ1v) is 7.80. The minimum atomic E-state index is 0.609. The first-order valence-electron chi connectivity index (χ1n) is 7.80. The molecule has 124 valence electrons. The second-order valence-electron chi connectivity index (χ2n) is 5.05. The van der Waals surface area contributed by atoms with Crippen molar-refractivity contribution in [3.05, 3.63) is 36.0 Å². The Hall–Kier alpha value is -2.34. The van der Waals surface area contributed by atoms with Gasteiger partial charge in [0.15, 0.2) is 0 Å². The highest BCUT2D eigenvalue weighted by molar-refractivity contribution is 5.64. The Kier molecular flexibility index (Phi) is 6.62. The van der Waals surface area contributed by atoms with Gasteiger partial charge in [0.25, 0.3) is 0 Å². The smallest absolute Gasteiger partial charge is 0.224 e. The summed E-state index contributed by atoms with van der Waals surface area (Å²) in [4.78, 5) is 8.90. The van der Waals surface area contributed by atoms with Crippen LogP contribution in [0.25, 0.3) is 0 Å². The van der Waals surface area contributed by atoms with E-state index in [4.69, 9.17) is 9.47 Å². The zero-order chi connectivity index (χ0) is 16.5. The van der Waals surface area contributed by atoms with E-state index >= 15 is 0 Å². The number of hydrogen-bond donors (Lipinski definition) is 2. The summed E-state index contributed by atoms with van der Waals surface area (Å²) in [6.45, 7) is 6.01. The zero-order valence-corrected chi connectivity index (χ0v) is 13.9. The molecule has 0 aliphatic rings. The molecular formula is C17H24N4O2. The summed E-state index contributed by atoms with van der Waals surface area (Å²) in [7, 11) is 1.70. The second kappa shape index (κ2) is 8.95. The minimum Gasteiger partial charge on any atom is -0.492 e. The highest BCUT2D eigenvalue weighted by Crippen LogP contribution is 2.27. The Bertz CT molecular complexity index is 619. The third-order valence-electron chi connectivity index (χ3n) is 3.11. The van der Waals surface area contributed by atoms with Gasteiger partial charge in [-0.2, -0.15) is 4.98 Å². The van der Waals surface area contributed by atoms with Crippen LogP contribution >= 0.6 is 0 Å². The Labute approximate surface area is 137 Å². The molecule has 6 nitrogen and oxygen atoms in total. The molecule has 0 aliphatic heterocycles. The van der Waals surface area contributed by atoms with Gasteiger partial charge in [-0.25, -0.2) is 4.98 Å². The maximum Gasteiger partial charge on any atom is 0.224 e. The number of aryl methyl sites for hydroxylation is 1. The molecule has 0 aliphatic carbocycles. The van der Waals surface area contributed by atoms with Crippen LogP contribution in [0.1, 0.15) is 19.0 Å². The van der Waals surface area contributed by atoms with Gasteiger partial charge in [0.2, 0.25) is 5.95 Å². The average Bonchev–Trinajstić information content (AvgIpc) is 2.53. The maximum absolute atomic E-state index is 5.63. The lowest BCUT2D eigenvalue weighted by Gasteiger charge is -2.13. The van der Waals surface area contributed by atoms with E-state index in [2.05, 4.69) is 20.6 Å². The van der Waals surface area contributed by atoms with E-state index in [1.165, 1.54) is 0 Å². The van der Waals surface area contributed by atoms with Crippen LogP contribution in [0.5, 0.6) is 5.75 Å². The molecule has 2 N–H and O–H groups in total. The van der Waals surface area contributed by atoms with Crippen LogP contribution in [-0.2, 0) is 4.74 Å². The van der Waals surface area contributed by atoms with Gasteiger partial charge in [-0.05, 0) is 32.4 Å². The van der Waals surface area contributed by atoms with Crippen molar-refractivity contribution in [3.8, 4) is 5.75 Å². The predicted molar refractivity (Wildman–Crippen MR) is 92.6 cm³/mol. The lowest BCUT2D eigenvalue weighted by atomic mass is 10.3. The van der Waals surface area contributed by atoms with Gasteiger partial charge >= 0.3 is 0 Å². The van der Waals surface area contributed by atoms with Gasteiger partial charge in [0.05, 0.1) is 12.3 Å². The topological polar surface area (TPSA) is 68.3 Å². The molecule has 23 heavy (non-hydrogen) atoms. The fraction of sp³-hybridized carbons (Fsp3) is 0.412. The van der Waals surface area contributed by atoms with E-state index in [0.717, 1.165) is 35.9 Å². The van der Waals surface area contributed by atoms with Crippen molar-refractivity contribution in [3.63, 3.8) is 0 Å². The van der Waals surface area contributed by atoms with Crippen LogP contribution in [0.2, 0.25) is 0 Å². The van der Waals surface area contributed by atoms with E-state index in [1.54, 1.807) is 7.11 Å². The number of aromatic nitrogens is 2. The molecule has 0 saturated heterocycles. The number of methoxy groups -OCH3 is 1. The number of hydrogen-bond acceptors (Lipinski definition) is 6. The number of rotatable bonds is 9. The lowest BCUT2D eigenvalue weighted by molar-refractivity contribution is 0.197. The summed E-state index contributed by atoms with van der Waals surface area (Å²) in [5.74, 6) is 2.15. The number of nitrogens with one attached hydrogen (secondary N) is 2. The summed E-state index contributed by atoms with van der Waals surface area (Å²) in [6, 6.07) is 9.72. The number of ether oxygens (including phenoxy) is 2. The normalized spacial score (nSPS) is 10.4. The molecular weight excluding hydrogens is 292 g/mol. The third kappa shape index (κ3) is 5.41. The first-order chi connectivity index (χ1) is 11.2. The molecule has 0 radical (unpaired) electrons. The van der Waals surface area contributed by atoms with Gasteiger partial charge in [0.1, 0.15) is 11.6 Å². The highest BCUT2D eigenvalue weighted by Gasteiger charge is 2.06. The van der Waals surface area contributed by atoms with Gasteiger partial charge in [0, 0.05) is 32.0 Å². The quantitative estimate of drug-likeness (QED) is 0.691. The van der Waals surface area contributed by atoms with E-state index in [9.17, 15) is 0 Å². The number of para-hydroxylation sites is 2. The first kappa shape index (κ1) is 17.0. The molecule has 0 saturated carbocycles. The lowest BCUT2D eigenvalue weighted by Crippen LogP contribution is -2.09. The molecule has 0 fully saturated rings. The molecule has 1 aromatic carbocycles. The second-order valence-corrected chi connectivity index (χ2v) is 5.05. The van der Waals surface area contributed by atoms with Crippen LogP contribution in [-0.4, -0.2) is 36.8 Å². The third-order valence-corrected chi connectivity index (χ3v) is 3.11. The Morgan fingerprint density at radius 1 is 1.17 bits per heavy atom. The molecule has 6 heteroatoms. The van der Waals surface area contributed by atoms with Crippen molar-refractivity contribution in [2.24, 2.45) is 0 Å². The van der Waals surface area contributed by atoms with Gasteiger partial charge in [-0.15, -0.1) is 0 Å². The SMILES string of the molecule is CCOc1ccccc1Nc1cc(C)nc(NCCCOC)n1. The largest absolute Gasteiger partial charge is 0.492 e. The summed E-state index contributed by atoms with van der Waals surface area (Å²) in [6.07, 6.45) is 0.906. The van der Waals surface area contributed by atoms with Crippen molar-refractivity contribution in [1.82, 2.24) is 9.97 Å². The summed E-state index contributed by atoms with van der Waals surface area (Å²) in [5, 5.41) is 6.51. The van der Waals surface area contributed by atoms with E-state index in [0.29, 0.717) is 19.2 Å². The standard InChI is InChI=1S/C17H24N4O2/c1-4-23-15-9-6-5-8-14(15)20-16-12-13(2)19-17(21-16)18-10-7-11-22-3/h5-6,8-9,12H,4,7,10-11H2,1-3H3,(H2,18,19,20,21). The van der Waals surface area contributed by atoms with Crippen LogP contribution in [0.3, 0.4) is 0 Å². The van der Waals surface area contributed by atoms with E-state index in [1.807, 2.05) is 44.2 Å². The Morgan fingerprint density at radius 2 is 2.00 bits per heavy atom. The average molecular weight is 316 g/mol. The van der Waals surface area contributed by atoms with Crippen molar-refractivity contribution in [1.29, 1.82) is 0 Å². The molecule has 2 aromatic rings. The number of benzene rings is 1. The molecule has 0 unspecified atom stereocenters. The minimum absolute atomic E-state index is 0.609. The van der Waals surface area contributed by atoms with Gasteiger partial charge in [-0.3, -0.25) is 0 Å². The van der Waals surface area contributed by atoms with Gasteiger partial charge in [-0.1, -0.05) is 12.1 Å². The molecule has 0 atom stereocenters. The summed E-state index contributed by atoms with van der Waals surface area (Å²) in [5.41, 5.74) is 1.78. The highest BCUT2D eigenvalue weighted by atomic mass is 16.5. The van der Waals surface area contributed by atoms with Crippen LogP contribution in [0.4, 0.5) is 17.5 Å². The Balaban J connectivity index is 2.09. The number of nitrogens with zero attached hydrogens (tertiary/aromatic N) is 2. The fourth-order valence-electron chi connectivity index (χ4n) is 2.12. The van der Waals surface area contributed by atoms with E-state index in [-0.39, 0.29) is 0 Å². The predicted octanol–water partition coefficient (Wildman–Crippen LogP) is 3.38. The summed E-state index contributed by atoms with van der Waals surface area (Å²) < 4.78 is 10.7. The molecule has 0 bridgehead atoms. The summed E-state index contributed by atoms with van der Waals surface area (Å²) >= 11 is 0. The fourth-order valence-corrected chi connectivity index (χ4v) is 2.12. The van der Waals surface area contributed by atoms with Gasteiger partial charge < -0.3 is 20.1 Å². The number of anilines is 3. The van der Waals surface area contributed by atoms with Crippen LogP contribution < -0.4 is 15.4 Å². The molecule has 2 rings (SSSR count). The van der Waals surface area contributed by atoms with Crippen molar-refractivity contribution in [2.75, 3.05) is 37.5 Å². The molecule has 0 amide bonds. The van der Waals surface area contributed by atoms with Crippen LogP contribution in [0.15, 0.2) is 30.3 Å². The van der Waals surface area contributed by atoms with Crippen LogP contribution in [0, 0.1) is 6.92 Å². The van der Waals surface area contributed by atoms with Crippen molar-refractivity contribution in [2.45, 2.75) is 20.3 Å². The monoisotopic (exact) mass is 316 g/mol. The van der Waals surface area contributed by atoms with E-state index < -0.39 is 0 Å². The molecule has 1 aromatic heterocycles.